The van der Waals surface area contributed by atoms with Crippen LogP contribution in [0.15, 0.2) is 18.3 Å². The summed E-state index contributed by atoms with van der Waals surface area (Å²) in [6.07, 6.45) is 3.80. The Morgan fingerprint density at radius 2 is 2.15 bits per heavy atom. The summed E-state index contributed by atoms with van der Waals surface area (Å²) < 4.78 is 0. The molecule has 0 unspecified atom stereocenters. The van der Waals surface area contributed by atoms with Crippen LogP contribution in [0.5, 0.6) is 0 Å². The predicted molar refractivity (Wildman–Crippen MR) is 103 cm³/mol. The van der Waals surface area contributed by atoms with E-state index in [0.717, 1.165) is 24.0 Å². The number of aromatic amines is 1. The van der Waals surface area contributed by atoms with Crippen molar-refractivity contribution in [3.05, 3.63) is 45.7 Å². The molecule has 134 valence electrons. The number of allylic oxidation sites excluding steroid dienone is 1. The van der Waals surface area contributed by atoms with Crippen molar-refractivity contribution >= 4 is 34.6 Å². The van der Waals surface area contributed by atoms with Gasteiger partial charge in [-0.05, 0) is 48.6 Å². The number of benzene rings is 1. The van der Waals surface area contributed by atoms with E-state index in [1.54, 1.807) is 25.4 Å². The monoisotopic (exact) mass is 370 g/mol. The van der Waals surface area contributed by atoms with Crippen LogP contribution in [0.25, 0.3) is 5.57 Å². The minimum Gasteiger partial charge on any atom is -0.404 e. The third-order valence-electron chi connectivity index (χ3n) is 4.22. The van der Waals surface area contributed by atoms with Gasteiger partial charge >= 0.3 is 0 Å². The third kappa shape index (κ3) is 3.32. The van der Waals surface area contributed by atoms with Crippen molar-refractivity contribution in [1.82, 2.24) is 10.2 Å². The first-order chi connectivity index (χ1) is 12.5. The molecule has 1 aliphatic carbocycles. The van der Waals surface area contributed by atoms with Crippen molar-refractivity contribution in [3.8, 4) is 11.8 Å². The Hall–Kier alpha value is -3.11. The van der Waals surface area contributed by atoms with Gasteiger partial charge < -0.3 is 22.5 Å². The van der Waals surface area contributed by atoms with Crippen LogP contribution in [0, 0.1) is 17.8 Å². The summed E-state index contributed by atoms with van der Waals surface area (Å²) in [5.41, 5.74) is 20.8. The third-order valence-corrected chi connectivity index (χ3v) is 4.53. The first-order valence-electron chi connectivity index (χ1n) is 8.05. The Morgan fingerprint density at radius 3 is 2.73 bits per heavy atom. The highest BCUT2D eigenvalue weighted by molar-refractivity contribution is 6.32. The fourth-order valence-corrected chi connectivity index (χ4v) is 2.97. The number of nitrogens with two attached hydrogens (primary N) is 3. The number of nitrogen functional groups attached to an aromatic ring is 1. The molecule has 0 radical (unpaired) electrons. The second kappa shape index (κ2) is 7.02. The van der Waals surface area contributed by atoms with Gasteiger partial charge in [-0.1, -0.05) is 17.5 Å². The number of hydrogen-bond donors (Lipinski definition) is 5. The van der Waals surface area contributed by atoms with Gasteiger partial charge in [-0.25, -0.2) is 0 Å². The van der Waals surface area contributed by atoms with Crippen LogP contribution < -0.4 is 22.5 Å². The molecule has 1 fully saturated rings. The standard InChI is InChI=1S/C18H19ClN6O/c1-23-18-16(17(22)26)15(24-25-18)5-4-10-6-14(21)11(7-13(10)19)12(8-20)9-2-3-9/h6-9H,2-3,20-21H2,1H3,(H2,22,26)(H2,23,24,25)/b12-8-. The number of hydrogen-bond acceptors (Lipinski definition) is 5. The number of carbonyl (C=O) groups is 1. The molecule has 8 N–H and O–H groups in total. The Bertz CT molecular complexity index is 962. The van der Waals surface area contributed by atoms with Crippen molar-refractivity contribution in [2.45, 2.75) is 12.8 Å². The molecule has 0 atom stereocenters. The predicted octanol–water partition coefficient (Wildman–Crippen LogP) is 1.90. The number of nitrogens with zero attached hydrogens (tertiary/aromatic N) is 1. The molecule has 0 saturated heterocycles. The second-order valence-corrected chi connectivity index (χ2v) is 6.41. The summed E-state index contributed by atoms with van der Waals surface area (Å²) in [5.74, 6) is 5.91. The van der Waals surface area contributed by atoms with Gasteiger partial charge in [0.25, 0.3) is 5.91 Å². The Morgan fingerprint density at radius 1 is 1.42 bits per heavy atom. The van der Waals surface area contributed by atoms with E-state index >= 15 is 0 Å². The van der Waals surface area contributed by atoms with Gasteiger partial charge in [-0.2, -0.15) is 5.10 Å². The minimum atomic E-state index is -0.629. The van der Waals surface area contributed by atoms with Gasteiger partial charge in [0.15, 0.2) is 5.82 Å². The van der Waals surface area contributed by atoms with Crippen LogP contribution in [0.3, 0.4) is 0 Å². The van der Waals surface area contributed by atoms with E-state index in [9.17, 15) is 4.79 Å². The van der Waals surface area contributed by atoms with E-state index in [1.807, 2.05) is 0 Å². The molecule has 1 aliphatic rings. The summed E-state index contributed by atoms with van der Waals surface area (Å²) in [5, 5.41) is 9.89. The largest absolute Gasteiger partial charge is 0.404 e. The molecular weight excluding hydrogens is 352 g/mol. The summed E-state index contributed by atoms with van der Waals surface area (Å²) >= 11 is 6.37. The molecule has 7 nitrogen and oxygen atoms in total. The lowest BCUT2D eigenvalue weighted by Gasteiger charge is -2.11. The maximum absolute atomic E-state index is 11.6. The average molecular weight is 371 g/mol. The molecule has 1 amide bonds. The van der Waals surface area contributed by atoms with Gasteiger partial charge in [-0.15, -0.1) is 0 Å². The Balaban J connectivity index is 1.98. The summed E-state index contributed by atoms with van der Waals surface area (Å²) in [6.45, 7) is 0. The zero-order valence-electron chi connectivity index (χ0n) is 14.2. The summed E-state index contributed by atoms with van der Waals surface area (Å²) in [4.78, 5) is 11.6. The number of primary amides is 1. The average Bonchev–Trinajstić information content (AvgIpc) is 3.35. The van der Waals surface area contributed by atoms with E-state index in [2.05, 4.69) is 27.4 Å². The van der Waals surface area contributed by atoms with Crippen LogP contribution in [-0.4, -0.2) is 23.2 Å². The van der Waals surface area contributed by atoms with E-state index in [-0.39, 0.29) is 5.56 Å². The Kier molecular flexibility index (Phi) is 4.78. The number of H-pyrrole nitrogens is 1. The molecule has 0 spiro atoms. The highest BCUT2D eigenvalue weighted by atomic mass is 35.5. The van der Waals surface area contributed by atoms with E-state index in [1.165, 1.54) is 0 Å². The second-order valence-electron chi connectivity index (χ2n) is 6.00. The van der Waals surface area contributed by atoms with Crippen LogP contribution in [0.2, 0.25) is 5.02 Å². The van der Waals surface area contributed by atoms with Crippen molar-refractivity contribution < 1.29 is 4.79 Å². The number of anilines is 2. The first-order valence-corrected chi connectivity index (χ1v) is 8.43. The van der Waals surface area contributed by atoms with Gasteiger partial charge in [0.1, 0.15) is 11.3 Å². The minimum absolute atomic E-state index is 0.197. The van der Waals surface area contributed by atoms with Gasteiger partial charge in [-0.3, -0.25) is 9.89 Å². The molecule has 26 heavy (non-hydrogen) atoms. The quantitative estimate of drug-likeness (QED) is 0.413. The molecule has 3 rings (SSSR count). The highest BCUT2D eigenvalue weighted by Gasteiger charge is 2.28. The Labute approximate surface area is 156 Å². The fraction of sp³-hybridized carbons (Fsp3) is 0.222. The van der Waals surface area contributed by atoms with Crippen LogP contribution in [0.4, 0.5) is 11.5 Å². The zero-order valence-corrected chi connectivity index (χ0v) is 14.9. The van der Waals surface area contributed by atoms with Gasteiger partial charge in [0, 0.05) is 23.9 Å². The number of nitrogens with one attached hydrogen (secondary N) is 2. The molecule has 0 bridgehead atoms. The van der Waals surface area contributed by atoms with Gasteiger partial charge in [0.2, 0.25) is 0 Å². The number of amides is 1. The first kappa shape index (κ1) is 17.7. The molecule has 1 aromatic heterocycles. The zero-order chi connectivity index (χ0) is 18.8. The lowest BCUT2D eigenvalue weighted by molar-refractivity contribution is 0.100. The smallest absolute Gasteiger partial charge is 0.255 e. The molecular formula is C18H19ClN6O. The van der Waals surface area contributed by atoms with E-state index in [4.69, 9.17) is 28.8 Å². The van der Waals surface area contributed by atoms with Crippen LogP contribution in [-0.2, 0) is 0 Å². The number of rotatable bonds is 4. The van der Waals surface area contributed by atoms with E-state index < -0.39 is 5.91 Å². The normalized spacial score (nSPS) is 13.8. The maximum Gasteiger partial charge on any atom is 0.255 e. The molecule has 0 aliphatic heterocycles. The lowest BCUT2D eigenvalue weighted by Crippen LogP contribution is -2.13. The van der Waals surface area contributed by atoms with E-state index in [0.29, 0.717) is 33.7 Å². The van der Waals surface area contributed by atoms with Crippen molar-refractivity contribution in [2.24, 2.45) is 17.4 Å². The highest BCUT2D eigenvalue weighted by Crippen LogP contribution is 2.43. The number of halogens is 1. The maximum atomic E-state index is 11.6. The molecule has 1 aromatic carbocycles. The molecule has 1 saturated carbocycles. The lowest BCUT2D eigenvalue weighted by atomic mass is 9.99. The topological polar surface area (TPSA) is 136 Å². The SMILES string of the molecule is CNc1n[nH]c(C#Cc2cc(N)c(/C(=C\N)C3CC3)cc2Cl)c1C(N)=O. The van der Waals surface area contributed by atoms with Crippen LogP contribution in [0.1, 0.15) is 40.0 Å². The number of carbonyl (C=O) groups excluding carboxylic acids is 1. The molecule has 1 heterocycles. The van der Waals surface area contributed by atoms with Gasteiger partial charge in [0.05, 0.1) is 5.02 Å². The van der Waals surface area contributed by atoms with Crippen molar-refractivity contribution in [1.29, 1.82) is 0 Å². The number of aromatic nitrogens is 2. The summed E-state index contributed by atoms with van der Waals surface area (Å²) in [7, 11) is 1.64. The van der Waals surface area contributed by atoms with Crippen LogP contribution >= 0.6 is 11.6 Å². The molecule has 2 aromatic rings. The van der Waals surface area contributed by atoms with Crippen molar-refractivity contribution in [2.75, 3.05) is 18.1 Å². The van der Waals surface area contributed by atoms with Crippen molar-refractivity contribution in [3.63, 3.8) is 0 Å². The molecule has 8 heteroatoms. The fourth-order valence-electron chi connectivity index (χ4n) is 2.76. The summed E-state index contributed by atoms with van der Waals surface area (Å²) in [6, 6.07) is 3.48.